The van der Waals surface area contributed by atoms with E-state index in [4.69, 9.17) is 15.2 Å². The van der Waals surface area contributed by atoms with Crippen molar-refractivity contribution >= 4 is 18.3 Å². The second-order valence-corrected chi connectivity index (χ2v) is 5.84. The second kappa shape index (κ2) is 12.3. The van der Waals surface area contributed by atoms with Crippen LogP contribution < -0.4 is 15.8 Å². The van der Waals surface area contributed by atoms with E-state index < -0.39 is 6.04 Å². The summed E-state index contributed by atoms with van der Waals surface area (Å²) in [6.45, 7) is 1.69. The van der Waals surface area contributed by atoms with Gasteiger partial charge >= 0.3 is 0 Å². The molecule has 0 spiro atoms. The highest BCUT2D eigenvalue weighted by atomic mass is 35.5. The van der Waals surface area contributed by atoms with Crippen molar-refractivity contribution in [3.8, 4) is 5.75 Å². The molecule has 1 atom stereocenters. The summed E-state index contributed by atoms with van der Waals surface area (Å²) < 4.78 is 10.7. The van der Waals surface area contributed by atoms with E-state index in [0.29, 0.717) is 26.2 Å². The van der Waals surface area contributed by atoms with Gasteiger partial charge in [-0.1, -0.05) is 42.5 Å². The maximum atomic E-state index is 12.0. The smallest absolute Gasteiger partial charge is 0.237 e. The zero-order valence-corrected chi connectivity index (χ0v) is 15.8. The minimum Gasteiger partial charge on any atom is -0.497 e. The first-order chi connectivity index (χ1) is 12.2. The molecule has 0 unspecified atom stereocenters. The van der Waals surface area contributed by atoms with E-state index in [-0.39, 0.29) is 18.3 Å². The molecule has 2 aromatic carbocycles. The average Bonchev–Trinajstić information content (AvgIpc) is 2.65. The van der Waals surface area contributed by atoms with Gasteiger partial charge in [0.25, 0.3) is 0 Å². The third-order valence-electron chi connectivity index (χ3n) is 3.83. The molecule has 3 N–H and O–H groups in total. The third-order valence-corrected chi connectivity index (χ3v) is 3.83. The summed E-state index contributed by atoms with van der Waals surface area (Å²) in [5.74, 6) is 0.706. The predicted molar refractivity (Wildman–Crippen MR) is 106 cm³/mol. The molecule has 2 rings (SSSR count). The molecule has 26 heavy (non-hydrogen) atoms. The van der Waals surface area contributed by atoms with Crippen LogP contribution in [0.4, 0.5) is 0 Å². The number of carbonyl (C=O) groups excluding carboxylic acids is 1. The number of methoxy groups -OCH3 is 1. The molecular formula is C20H27ClN2O3. The molecule has 0 aromatic heterocycles. The lowest BCUT2D eigenvalue weighted by atomic mass is 10.1. The van der Waals surface area contributed by atoms with Gasteiger partial charge in [0.2, 0.25) is 5.91 Å². The Bertz CT molecular complexity index is 635. The lowest BCUT2D eigenvalue weighted by Crippen LogP contribution is -2.42. The van der Waals surface area contributed by atoms with Crippen molar-refractivity contribution < 1.29 is 14.3 Å². The van der Waals surface area contributed by atoms with Crippen LogP contribution >= 0.6 is 12.4 Å². The lowest BCUT2D eigenvalue weighted by Gasteiger charge is -2.12. The fourth-order valence-electron chi connectivity index (χ4n) is 2.39. The van der Waals surface area contributed by atoms with Crippen molar-refractivity contribution in [3.63, 3.8) is 0 Å². The molecule has 0 saturated carbocycles. The van der Waals surface area contributed by atoms with Gasteiger partial charge in [0.15, 0.2) is 0 Å². The molecule has 5 nitrogen and oxygen atoms in total. The van der Waals surface area contributed by atoms with Gasteiger partial charge in [-0.2, -0.15) is 0 Å². The van der Waals surface area contributed by atoms with E-state index in [1.54, 1.807) is 7.11 Å². The number of nitrogens with one attached hydrogen (secondary N) is 1. The van der Waals surface area contributed by atoms with E-state index >= 15 is 0 Å². The Kier molecular flexibility index (Phi) is 10.4. The van der Waals surface area contributed by atoms with Crippen molar-refractivity contribution in [2.45, 2.75) is 25.5 Å². The van der Waals surface area contributed by atoms with E-state index in [1.165, 1.54) is 0 Å². The number of carbonyl (C=O) groups is 1. The van der Waals surface area contributed by atoms with Gasteiger partial charge in [0, 0.05) is 13.2 Å². The predicted octanol–water partition coefficient (Wildman–Crippen LogP) is 2.71. The monoisotopic (exact) mass is 378 g/mol. The Hall–Kier alpha value is -2.08. The zero-order valence-electron chi connectivity index (χ0n) is 15.0. The highest BCUT2D eigenvalue weighted by Crippen LogP contribution is 2.11. The van der Waals surface area contributed by atoms with Gasteiger partial charge in [-0.05, 0) is 36.1 Å². The number of halogens is 1. The first-order valence-electron chi connectivity index (χ1n) is 8.47. The van der Waals surface area contributed by atoms with Crippen LogP contribution in [0.15, 0.2) is 54.6 Å². The van der Waals surface area contributed by atoms with Gasteiger partial charge in [-0.3, -0.25) is 4.79 Å². The van der Waals surface area contributed by atoms with Crippen molar-refractivity contribution in [1.29, 1.82) is 0 Å². The van der Waals surface area contributed by atoms with Gasteiger partial charge in [0.1, 0.15) is 5.75 Å². The van der Waals surface area contributed by atoms with Crippen LogP contribution in [0.1, 0.15) is 17.5 Å². The standard InChI is InChI=1S/C20H26N2O3.ClH/c1-24-18-10-8-17(9-11-18)15-25-13-5-12-22-20(23)19(21)14-16-6-3-2-4-7-16;/h2-4,6-11,19H,5,12-15,21H2,1H3,(H,22,23);1H/t19-;/m0./s1. The van der Waals surface area contributed by atoms with Crippen LogP contribution in [-0.4, -0.2) is 32.2 Å². The molecule has 0 aliphatic heterocycles. The number of amides is 1. The molecule has 0 heterocycles. The number of rotatable bonds is 10. The number of ether oxygens (including phenoxy) is 2. The van der Waals surface area contributed by atoms with Crippen molar-refractivity contribution in [3.05, 3.63) is 65.7 Å². The van der Waals surface area contributed by atoms with Crippen LogP contribution in [0, 0.1) is 0 Å². The Balaban J connectivity index is 0.00000338. The largest absolute Gasteiger partial charge is 0.497 e. The maximum Gasteiger partial charge on any atom is 0.237 e. The summed E-state index contributed by atoms with van der Waals surface area (Å²) in [4.78, 5) is 12.0. The summed E-state index contributed by atoms with van der Waals surface area (Å²) >= 11 is 0. The lowest BCUT2D eigenvalue weighted by molar-refractivity contribution is -0.122. The average molecular weight is 379 g/mol. The topological polar surface area (TPSA) is 73.6 Å². The fraction of sp³-hybridized carbons (Fsp3) is 0.350. The first-order valence-corrected chi connectivity index (χ1v) is 8.47. The van der Waals surface area contributed by atoms with Gasteiger partial charge in [-0.25, -0.2) is 0 Å². The van der Waals surface area contributed by atoms with Crippen LogP contribution in [0.25, 0.3) is 0 Å². The minimum absolute atomic E-state index is 0. The number of nitrogens with two attached hydrogens (primary N) is 1. The van der Waals surface area contributed by atoms with E-state index in [9.17, 15) is 4.79 Å². The molecular weight excluding hydrogens is 352 g/mol. The zero-order chi connectivity index (χ0) is 17.9. The normalized spacial score (nSPS) is 11.3. The Morgan fingerprint density at radius 2 is 1.77 bits per heavy atom. The van der Waals surface area contributed by atoms with Crippen LogP contribution in [-0.2, 0) is 22.6 Å². The highest BCUT2D eigenvalue weighted by Gasteiger charge is 2.13. The van der Waals surface area contributed by atoms with Crippen molar-refractivity contribution in [2.75, 3.05) is 20.3 Å². The van der Waals surface area contributed by atoms with Crippen molar-refractivity contribution in [2.24, 2.45) is 5.73 Å². The van der Waals surface area contributed by atoms with E-state index in [0.717, 1.165) is 23.3 Å². The fourth-order valence-corrected chi connectivity index (χ4v) is 2.39. The van der Waals surface area contributed by atoms with Crippen LogP contribution in [0.3, 0.4) is 0 Å². The molecule has 6 heteroatoms. The Morgan fingerprint density at radius 3 is 2.42 bits per heavy atom. The molecule has 2 aromatic rings. The third kappa shape index (κ3) is 7.87. The summed E-state index contributed by atoms with van der Waals surface area (Å²) in [5, 5.41) is 2.86. The number of hydrogen-bond acceptors (Lipinski definition) is 4. The molecule has 0 radical (unpaired) electrons. The summed E-state index contributed by atoms with van der Waals surface area (Å²) in [7, 11) is 1.64. The highest BCUT2D eigenvalue weighted by molar-refractivity contribution is 5.85. The van der Waals surface area contributed by atoms with Crippen molar-refractivity contribution in [1.82, 2.24) is 5.32 Å². The van der Waals surface area contributed by atoms with Crippen LogP contribution in [0.5, 0.6) is 5.75 Å². The van der Waals surface area contributed by atoms with Crippen LogP contribution in [0.2, 0.25) is 0 Å². The van der Waals surface area contributed by atoms with E-state index in [1.807, 2.05) is 54.6 Å². The number of benzene rings is 2. The molecule has 142 valence electrons. The molecule has 0 aliphatic rings. The Morgan fingerprint density at radius 1 is 1.08 bits per heavy atom. The first kappa shape index (κ1) is 22.0. The van der Waals surface area contributed by atoms with Gasteiger partial charge in [0.05, 0.1) is 19.8 Å². The SMILES string of the molecule is COc1ccc(COCCCNC(=O)[C@@H](N)Cc2ccccc2)cc1.Cl. The van der Waals surface area contributed by atoms with Gasteiger partial charge in [-0.15, -0.1) is 12.4 Å². The summed E-state index contributed by atoms with van der Waals surface area (Å²) in [5.41, 5.74) is 8.09. The minimum atomic E-state index is -0.525. The summed E-state index contributed by atoms with van der Waals surface area (Å²) in [6.07, 6.45) is 1.29. The molecule has 0 fully saturated rings. The number of hydrogen-bond donors (Lipinski definition) is 2. The van der Waals surface area contributed by atoms with Gasteiger partial charge < -0.3 is 20.5 Å². The quantitative estimate of drug-likeness (QED) is 0.623. The molecule has 0 bridgehead atoms. The second-order valence-electron chi connectivity index (χ2n) is 5.84. The summed E-state index contributed by atoms with van der Waals surface area (Å²) in [6, 6.07) is 17.0. The van der Waals surface area contributed by atoms with E-state index in [2.05, 4.69) is 5.32 Å². The molecule has 0 saturated heterocycles. The molecule has 0 aliphatic carbocycles. The Labute approximate surface area is 161 Å². The maximum absolute atomic E-state index is 12.0. The molecule has 1 amide bonds.